The zero-order valence-electron chi connectivity index (χ0n) is 12.7. The molecule has 1 fully saturated rings. The van der Waals surface area contributed by atoms with E-state index in [9.17, 15) is 4.39 Å². The first kappa shape index (κ1) is 14.3. The highest BCUT2D eigenvalue weighted by molar-refractivity contribution is 5.36. The van der Waals surface area contributed by atoms with Crippen LogP contribution >= 0.6 is 0 Å². The number of hydrogen-bond donors (Lipinski definition) is 1. The van der Waals surface area contributed by atoms with Gasteiger partial charge in [-0.25, -0.2) is 4.39 Å². The third kappa shape index (κ3) is 3.51. The maximum Gasteiger partial charge on any atom is 0.126 e. The van der Waals surface area contributed by atoms with Gasteiger partial charge in [0.05, 0.1) is 6.04 Å². The van der Waals surface area contributed by atoms with Gasteiger partial charge in [-0.05, 0) is 61.9 Å². The lowest BCUT2D eigenvalue weighted by Gasteiger charge is -2.21. The molecule has 2 aromatic rings. The van der Waals surface area contributed by atoms with Gasteiger partial charge in [0.15, 0.2) is 0 Å². The predicted molar refractivity (Wildman–Crippen MR) is 84.9 cm³/mol. The van der Waals surface area contributed by atoms with E-state index in [2.05, 4.69) is 36.5 Å². The van der Waals surface area contributed by atoms with Crippen LogP contribution in [0.4, 0.5) is 4.39 Å². The summed E-state index contributed by atoms with van der Waals surface area (Å²) in [5, 5.41) is 3.67. The second-order valence-electron chi connectivity index (χ2n) is 6.21. The maximum atomic E-state index is 13.5. The SMILES string of the molecule is Cc1cccc(C(NCC2CC2)c2ccc(F)c(C)c2)c1. The second-order valence-corrected chi connectivity index (χ2v) is 6.21. The first-order chi connectivity index (χ1) is 10.1. The summed E-state index contributed by atoms with van der Waals surface area (Å²) in [5.41, 5.74) is 4.35. The Balaban J connectivity index is 1.91. The van der Waals surface area contributed by atoms with Crippen molar-refractivity contribution in [3.8, 4) is 0 Å². The topological polar surface area (TPSA) is 12.0 Å². The minimum atomic E-state index is -0.135. The lowest BCUT2D eigenvalue weighted by Crippen LogP contribution is -2.24. The molecule has 1 aliphatic rings. The first-order valence-corrected chi connectivity index (χ1v) is 7.69. The monoisotopic (exact) mass is 283 g/mol. The molecule has 0 spiro atoms. The Hall–Kier alpha value is -1.67. The average Bonchev–Trinajstić information content (AvgIpc) is 3.27. The number of benzene rings is 2. The van der Waals surface area contributed by atoms with Crippen LogP contribution in [0.3, 0.4) is 0 Å². The summed E-state index contributed by atoms with van der Waals surface area (Å²) in [6, 6.07) is 14.1. The summed E-state index contributed by atoms with van der Waals surface area (Å²) in [5.74, 6) is 0.683. The first-order valence-electron chi connectivity index (χ1n) is 7.69. The third-order valence-corrected chi connectivity index (χ3v) is 4.20. The fourth-order valence-corrected chi connectivity index (χ4v) is 2.73. The lowest BCUT2D eigenvalue weighted by molar-refractivity contribution is 0.569. The summed E-state index contributed by atoms with van der Waals surface area (Å²) in [7, 11) is 0. The Labute approximate surface area is 126 Å². The van der Waals surface area contributed by atoms with Crippen LogP contribution in [0.25, 0.3) is 0 Å². The van der Waals surface area contributed by atoms with Crippen LogP contribution in [-0.2, 0) is 0 Å². The van der Waals surface area contributed by atoms with Crippen molar-refractivity contribution in [3.63, 3.8) is 0 Å². The normalized spacial score (nSPS) is 16.0. The molecule has 1 unspecified atom stereocenters. The predicted octanol–water partition coefficient (Wildman–Crippen LogP) is 4.53. The molecule has 110 valence electrons. The molecule has 1 atom stereocenters. The minimum Gasteiger partial charge on any atom is -0.306 e. The fraction of sp³-hybridized carbons (Fsp3) is 0.368. The highest BCUT2D eigenvalue weighted by atomic mass is 19.1. The summed E-state index contributed by atoms with van der Waals surface area (Å²) >= 11 is 0. The van der Waals surface area contributed by atoms with E-state index in [-0.39, 0.29) is 11.9 Å². The average molecular weight is 283 g/mol. The molecular formula is C19H22FN. The van der Waals surface area contributed by atoms with Crippen molar-refractivity contribution in [1.82, 2.24) is 5.32 Å². The van der Waals surface area contributed by atoms with Crippen molar-refractivity contribution in [2.75, 3.05) is 6.54 Å². The number of rotatable bonds is 5. The molecule has 21 heavy (non-hydrogen) atoms. The quantitative estimate of drug-likeness (QED) is 0.850. The van der Waals surface area contributed by atoms with Crippen molar-refractivity contribution < 1.29 is 4.39 Å². The zero-order valence-corrected chi connectivity index (χ0v) is 12.7. The maximum absolute atomic E-state index is 13.5. The van der Waals surface area contributed by atoms with Gasteiger partial charge in [0.2, 0.25) is 0 Å². The molecule has 0 heterocycles. The van der Waals surface area contributed by atoms with Gasteiger partial charge in [0, 0.05) is 0 Å². The molecule has 2 heteroatoms. The van der Waals surface area contributed by atoms with E-state index < -0.39 is 0 Å². The van der Waals surface area contributed by atoms with Gasteiger partial charge >= 0.3 is 0 Å². The molecule has 1 saturated carbocycles. The second kappa shape index (κ2) is 5.98. The van der Waals surface area contributed by atoms with Gasteiger partial charge in [0.1, 0.15) is 5.82 Å². The Bertz CT molecular complexity index is 631. The fourth-order valence-electron chi connectivity index (χ4n) is 2.73. The Morgan fingerprint density at radius 2 is 1.86 bits per heavy atom. The van der Waals surface area contributed by atoms with Crippen molar-refractivity contribution in [2.45, 2.75) is 32.7 Å². The van der Waals surface area contributed by atoms with E-state index in [1.807, 2.05) is 19.1 Å². The van der Waals surface area contributed by atoms with Crippen LogP contribution in [-0.4, -0.2) is 6.54 Å². The van der Waals surface area contributed by atoms with E-state index in [0.717, 1.165) is 18.0 Å². The largest absolute Gasteiger partial charge is 0.306 e. The van der Waals surface area contributed by atoms with Gasteiger partial charge in [-0.1, -0.05) is 42.0 Å². The van der Waals surface area contributed by atoms with Crippen molar-refractivity contribution in [3.05, 3.63) is 70.5 Å². The van der Waals surface area contributed by atoms with Crippen LogP contribution in [0, 0.1) is 25.6 Å². The van der Waals surface area contributed by atoms with Crippen LogP contribution in [0.2, 0.25) is 0 Å². The Morgan fingerprint density at radius 3 is 2.52 bits per heavy atom. The molecule has 1 nitrogen and oxygen atoms in total. The van der Waals surface area contributed by atoms with Gasteiger partial charge < -0.3 is 5.32 Å². The molecule has 1 N–H and O–H groups in total. The molecule has 3 rings (SSSR count). The van der Waals surface area contributed by atoms with Crippen LogP contribution < -0.4 is 5.32 Å². The van der Waals surface area contributed by atoms with E-state index in [1.165, 1.54) is 24.0 Å². The number of aryl methyl sites for hydroxylation is 2. The van der Waals surface area contributed by atoms with Crippen LogP contribution in [0.1, 0.15) is 41.1 Å². The molecule has 0 amide bonds. The Morgan fingerprint density at radius 1 is 1.10 bits per heavy atom. The molecule has 0 aliphatic heterocycles. The van der Waals surface area contributed by atoms with Crippen molar-refractivity contribution in [1.29, 1.82) is 0 Å². The highest BCUT2D eigenvalue weighted by Crippen LogP contribution is 2.30. The highest BCUT2D eigenvalue weighted by Gasteiger charge is 2.23. The van der Waals surface area contributed by atoms with E-state index in [0.29, 0.717) is 5.56 Å². The summed E-state index contributed by atoms with van der Waals surface area (Å²) in [4.78, 5) is 0. The number of nitrogens with one attached hydrogen (secondary N) is 1. The lowest BCUT2D eigenvalue weighted by atomic mass is 9.96. The number of halogens is 1. The van der Waals surface area contributed by atoms with Gasteiger partial charge in [0.25, 0.3) is 0 Å². The van der Waals surface area contributed by atoms with Gasteiger partial charge in [-0.3, -0.25) is 0 Å². The van der Waals surface area contributed by atoms with Crippen molar-refractivity contribution in [2.24, 2.45) is 5.92 Å². The van der Waals surface area contributed by atoms with E-state index >= 15 is 0 Å². The van der Waals surface area contributed by atoms with E-state index in [1.54, 1.807) is 6.07 Å². The summed E-state index contributed by atoms with van der Waals surface area (Å²) in [6.45, 7) is 4.97. The molecule has 0 radical (unpaired) electrons. The standard InChI is InChI=1S/C19H22FN/c1-13-4-3-5-16(10-13)19(21-12-15-6-7-15)17-8-9-18(20)14(2)11-17/h3-5,8-11,15,19,21H,6-7,12H2,1-2H3. The van der Waals surface area contributed by atoms with Gasteiger partial charge in [-0.15, -0.1) is 0 Å². The van der Waals surface area contributed by atoms with Crippen molar-refractivity contribution >= 4 is 0 Å². The Kier molecular flexibility index (Phi) is 4.07. The van der Waals surface area contributed by atoms with Crippen LogP contribution in [0.15, 0.2) is 42.5 Å². The smallest absolute Gasteiger partial charge is 0.126 e. The minimum absolute atomic E-state index is 0.135. The van der Waals surface area contributed by atoms with Crippen LogP contribution in [0.5, 0.6) is 0 Å². The molecule has 2 aromatic carbocycles. The number of hydrogen-bond acceptors (Lipinski definition) is 1. The molecular weight excluding hydrogens is 261 g/mol. The third-order valence-electron chi connectivity index (χ3n) is 4.20. The molecule has 0 saturated heterocycles. The summed E-state index contributed by atoms with van der Waals surface area (Å²) < 4.78 is 13.5. The molecule has 1 aliphatic carbocycles. The zero-order chi connectivity index (χ0) is 14.8. The van der Waals surface area contributed by atoms with E-state index in [4.69, 9.17) is 0 Å². The van der Waals surface area contributed by atoms with Gasteiger partial charge in [-0.2, -0.15) is 0 Å². The summed E-state index contributed by atoms with van der Waals surface area (Å²) in [6.07, 6.45) is 2.66. The molecule has 0 bridgehead atoms. The molecule has 0 aromatic heterocycles.